The van der Waals surface area contributed by atoms with Crippen LogP contribution in [0.4, 0.5) is 11.6 Å². The number of aromatic hydroxyl groups is 1. The molecule has 1 aliphatic rings. The van der Waals surface area contributed by atoms with Crippen LogP contribution in [-0.4, -0.2) is 82.2 Å². The molecule has 3 heterocycles. The van der Waals surface area contributed by atoms with E-state index in [9.17, 15) is 10.2 Å². The van der Waals surface area contributed by atoms with E-state index in [1.54, 1.807) is 6.07 Å². The molecule has 42 heavy (non-hydrogen) atoms. The van der Waals surface area contributed by atoms with E-state index in [0.29, 0.717) is 25.3 Å². The summed E-state index contributed by atoms with van der Waals surface area (Å²) < 4.78 is 7.59. The van der Waals surface area contributed by atoms with E-state index in [2.05, 4.69) is 74.9 Å². The number of anilines is 2. The first kappa shape index (κ1) is 29.8. The van der Waals surface area contributed by atoms with Gasteiger partial charge in [-0.2, -0.15) is 0 Å². The molecule has 0 saturated carbocycles. The molecule has 9 heteroatoms. The predicted octanol–water partition coefficient (Wildman–Crippen LogP) is 4.50. The molecule has 0 unspecified atom stereocenters. The number of fused-ring (bicyclic) bond motifs is 1. The highest BCUT2D eigenvalue weighted by Gasteiger charge is 2.17. The van der Waals surface area contributed by atoms with Crippen LogP contribution >= 0.6 is 0 Å². The molecule has 0 spiro atoms. The summed E-state index contributed by atoms with van der Waals surface area (Å²) in [6.45, 7) is 13.3. The maximum Gasteiger partial charge on any atom is 0.204 e. The highest BCUT2D eigenvalue weighted by molar-refractivity contribution is 5.80. The number of aryl methyl sites for hydroxylation is 3. The van der Waals surface area contributed by atoms with Gasteiger partial charge in [0.1, 0.15) is 11.4 Å². The zero-order valence-electron chi connectivity index (χ0n) is 25.1. The van der Waals surface area contributed by atoms with Gasteiger partial charge in [-0.15, -0.1) is 0 Å². The van der Waals surface area contributed by atoms with Crippen molar-refractivity contribution in [3.05, 3.63) is 76.6 Å². The van der Waals surface area contributed by atoms with Crippen molar-refractivity contribution in [3.8, 4) is 5.75 Å². The highest BCUT2D eigenvalue weighted by Crippen LogP contribution is 2.27. The van der Waals surface area contributed by atoms with Crippen LogP contribution in [0.25, 0.3) is 11.0 Å². The van der Waals surface area contributed by atoms with Crippen molar-refractivity contribution < 1.29 is 14.9 Å². The highest BCUT2D eigenvalue weighted by atomic mass is 16.5. The lowest BCUT2D eigenvalue weighted by Crippen LogP contribution is -2.37. The standard InChI is InChI=1S/C33H44N6O3/c1-4-26-18-24(2)19-28(20-26)38(12-15-40)22-27-7-8-29-31(21-27)39(23-30-32(41)9-6-25(3)35-30)33(36-29)34-10-5-11-37-13-16-42-17-14-37/h6-9,18-21,40-41H,4-5,10-17,22-23H2,1-3H3,(H,34,36). The van der Waals surface area contributed by atoms with Gasteiger partial charge in [0.15, 0.2) is 0 Å². The number of rotatable bonds is 13. The van der Waals surface area contributed by atoms with Gasteiger partial charge in [0.05, 0.1) is 37.4 Å². The van der Waals surface area contributed by atoms with Crippen LogP contribution in [-0.2, 0) is 24.2 Å². The zero-order chi connectivity index (χ0) is 29.5. The first-order valence-corrected chi connectivity index (χ1v) is 15.1. The average Bonchev–Trinajstić information content (AvgIpc) is 3.33. The van der Waals surface area contributed by atoms with Crippen molar-refractivity contribution in [1.29, 1.82) is 0 Å². The Morgan fingerprint density at radius 2 is 1.83 bits per heavy atom. The number of hydrogen-bond donors (Lipinski definition) is 3. The molecule has 0 bridgehead atoms. The molecule has 5 rings (SSSR count). The van der Waals surface area contributed by atoms with Gasteiger partial charge in [-0.25, -0.2) is 4.98 Å². The van der Waals surface area contributed by atoms with E-state index < -0.39 is 0 Å². The summed E-state index contributed by atoms with van der Waals surface area (Å²) in [6.07, 6.45) is 1.96. The van der Waals surface area contributed by atoms with Crippen LogP contribution in [0.2, 0.25) is 0 Å². The topological polar surface area (TPSA) is 98.9 Å². The molecule has 0 aliphatic carbocycles. The lowest BCUT2D eigenvalue weighted by molar-refractivity contribution is 0.0378. The predicted molar refractivity (Wildman–Crippen MR) is 169 cm³/mol. The first-order valence-electron chi connectivity index (χ1n) is 15.1. The van der Waals surface area contributed by atoms with Crippen molar-refractivity contribution in [3.63, 3.8) is 0 Å². The van der Waals surface area contributed by atoms with Gasteiger partial charge in [-0.05, 0) is 86.3 Å². The van der Waals surface area contributed by atoms with Gasteiger partial charge in [-0.3, -0.25) is 9.88 Å². The summed E-state index contributed by atoms with van der Waals surface area (Å²) in [5, 5.41) is 24.1. The largest absolute Gasteiger partial charge is 0.506 e. The van der Waals surface area contributed by atoms with Crippen molar-refractivity contribution in [2.75, 3.05) is 62.8 Å². The smallest absolute Gasteiger partial charge is 0.204 e. The van der Waals surface area contributed by atoms with Gasteiger partial charge in [0.2, 0.25) is 5.95 Å². The fourth-order valence-electron chi connectivity index (χ4n) is 5.63. The third-order valence-electron chi connectivity index (χ3n) is 7.89. The van der Waals surface area contributed by atoms with E-state index in [0.717, 1.165) is 86.2 Å². The van der Waals surface area contributed by atoms with Crippen LogP contribution < -0.4 is 10.2 Å². The Hall–Kier alpha value is -3.66. The number of hydrogen-bond acceptors (Lipinski definition) is 8. The Bertz CT molecular complexity index is 1480. The third-order valence-corrected chi connectivity index (χ3v) is 7.89. The fraction of sp³-hybridized carbons (Fsp3) is 0.455. The van der Waals surface area contributed by atoms with Crippen LogP contribution in [0.3, 0.4) is 0 Å². The summed E-state index contributed by atoms with van der Waals surface area (Å²) in [5.41, 5.74) is 8.09. The summed E-state index contributed by atoms with van der Waals surface area (Å²) in [6, 6.07) is 16.5. The number of aromatic nitrogens is 3. The van der Waals surface area contributed by atoms with E-state index in [-0.39, 0.29) is 12.4 Å². The monoisotopic (exact) mass is 572 g/mol. The molecule has 4 aromatic rings. The summed E-state index contributed by atoms with van der Waals surface area (Å²) in [4.78, 5) is 14.2. The van der Waals surface area contributed by atoms with Gasteiger partial charge < -0.3 is 29.7 Å². The van der Waals surface area contributed by atoms with E-state index >= 15 is 0 Å². The Labute approximate surface area is 248 Å². The minimum Gasteiger partial charge on any atom is -0.506 e. The van der Waals surface area contributed by atoms with Gasteiger partial charge in [-0.1, -0.05) is 19.1 Å². The lowest BCUT2D eigenvalue weighted by Gasteiger charge is -2.26. The Morgan fingerprint density at radius 1 is 1.00 bits per heavy atom. The van der Waals surface area contributed by atoms with Crippen LogP contribution in [0, 0.1) is 13.8 Å². The van der Waals surface area contributed by atoms with Gasteiger partial charge in [0.25, 0.3) is 0 Å². The number of benzene rings is 2. The molecule has 224 valence electrons. The van der Waals surface area contributed by atoms with Crippen molar-refractivity contribution in [1.82, 2.24) is 19.4 Å². The second kappa shape index (κ2) is 14.0. The second-order valence-electron chi connectivity index (χ2n) is 11.2. The van der Waals surface area contributed by atoms with Crippen LogP contribution in [0.15, 0.2) is 48.5 Å². The Balaban J connectivity index is 1.42. The number of ether oxygens (including phenoxy) is 1. The van der Waals surface area contributed by atoms with Crippen molar-refractivity contribution in [2.24, 2.45) is 0 Å². The minimum absolute atomic E-state index is 0.0758. The molecular formula is C33H44N6O3. The molecule has 3 N–H and O–H groups in total. The molecule has 1 saturated heterocycles. The summed E-state index contributed by atoms with van der Waals surface area (Å²) in [5.74, 6) is 0.947. The molecule has 2 aromatic heterocycles. The average molecular weight is 573 g/mol. The number of nitrogens with zero attached hydrogens (tertiary/aromatic N) is 5. The number of pyridine rings is 1. The number of nitrogens with one attached hydrogen (secondary N) is 1. The third kappa shape index (κ3) is 7.40. The maximum absolute atomic E-state index is 10.6. The fourth-order valence-corrected chi connectivity index (χ4v) is 5.63. The molecule has 9 nitrogen and oxygen atoms in total. The summed E-state index contributed by atoms with van der Waals surface area (Å²) >= 11 is 0. The van der Waals surface area contributed by atoms with Crippen molar-refractivity contribution in [2.45, 2.75) is 46.7 Å². The molecule has 1 aliphatic heterocycles. The zero-order valence-corrected chi connectivity index (χ0v) is 25.1. The number of imidazole rings is 1. The van der Waals surface area contributed by atoms with Gasteiger partial charge in [0, 0.05) is 44.1 Å². The Kier molecular flexibility index (Phi) is 9.94. The van der Waals surface area contributed by atoms with Crippen LogP contribution in [0.5, 0.6) is 5.75 Å². The SMILES string of the molecule is CCc1cc(C)cc(N(CCO)Cc2ccc3nc(NCCCN4CCOCC4)n(Cc4nc(C)ccc4O)c3c2)c1. The first-order chi connectivity index (χ1) is 20.4. The maximum atomic E-state index is 10.6. The second-order valence-corrected chi connectivity index (χ2v) is 11.2. The molecule has 0 radical (unpaired) electrons. The minimum atomic E-state index is 0.0758. The van der Waals surface area contributed by atoms with E-state index in [1.165, 1.54) is 11.1 Å². The summed E-state index contributed by atoms with van der Waals surface area (Å²) in [7, 11) is 0. The number of aliphatic hydroxyl groups is 1. The molecule has 0 amide bonds. The van der Waals surface area contributed by atoms with Crippen LogP contribution in [0.1, 0.15) is 41.4 Å². The Morgan fingerprint density at radius 3 is 2.62 bits per heavy atom. The number of morpholine rings is 1. The van der Waals surface area contributed by atoms with E-state index in [1.807, 2.05) is 13.0 Å². The van der Waals surface area contributed by atoms with E-state index in [4.69, 9.17) is 9.72 Å². The molecule has 1 fully saturated rings. The molecule has 0 atom stereocenters. The van der Waals surface area contributed by atoms with Crippen molar-refractivity contribution >= 4 is 22.7 Å². The normalized spacial score (nSPS) is 14.0. The number of aliphatic hydroxyl groups excluding tert-OH is 1. The molecular weight excluding hydrogens is 528 g/mol. The lowest BCUT2D eigenvalue weighted by atomic mass is 10.1. The molecule has 2 aromatic carbocycles. The van der Waals surface area contributed by atoms with Gasteiger partial charge >= 0.3 is 0 Å². The quantitative estimate of drug-likeness (QED) is 0.202.